The Bertz CT molecular complexity index is 464. The summed E-state index contributed by atoms with van der Waals surface area (Å²) in [6.07, 6.45) is 3.93. The van der Waals surface area contributed by atoms with E-state index in [9.17, 15) is 9.90 Å². The highest BCUT2D eigenvalue weighted by atomic mass is 16.3. The van der Waals surface area contributed by atoms with Crippen LogP contribution in [0.25, 0.3) is 0 Å². The molecule has 0 spiro atoms. The minimum atomic E-state index is -0.636. The van der Waals surface area contributed by atoms with E-state index in [0.717, 1.165) is 18.8 Å². The van der Waals surface area contributed by atoms with Gasteiger partial charge < -0.3 is 15.3 Å². The third-order valence-electron chi connectivity index (χ3n) is 3.69. The summed E-state index contributed by atoms with van der Waals surface area (Å²) in [5.41, 5.74) is 0.0169. The third kappa shape index (κ3) is 3.70. The SMILES string of the molecule is CCCNc1cc(C(=O)N2CCC(C)(O)CC2)ccn1. The van der Waals surface area contributed by atoms with Gasteiger partial charge in [-0.3, -0.25) is 4.79 Å². The first kappa shape index (κ1) is 14.8. The van der Waals surface area contributed by atoms with Gasteiger partial charge in [0.15, 0.2) is 0 Å². The number of aromatic nitrogens is 1. The number of nitrogens with one attached hydrogen (secondary N) is 1. The number of aliphatic hydroxyl groups is 1. The summed E-state index contributed by atoms with van der Waals surface area (Å²) in [5.74, 6) is 0.754. The molecule has 2 rings (SSSR count). The molecule has 0 bridgehead atoms. The van der Waals surface area contributed by atoms with E-state index in [-0.39, 0.29) is 5.91 Å². The lowest BCUT2D eigenvalue weighted by Gasteiger charge is -2.35. The van der Waals surface area contributed by atoms with Crippen LogP contribution in [-0.4, -0.2) is 46.1 Å². The maximum Gasteiger partial charge on any atom is 0.254 e. The van der Waals surface area contributed by atoms with Crippen molar-refractivity contribution in [2.75, 3.05) is 25.0 Å². The molecule has 1 aromatic heterocycles. The van der Waals surface area contributed by atoms with E-state index in [1.807, 2.05) is 6.92 Å². The van der Waals surface area contributed by atoms with Crippen LogP contribution in [0.4, 0.5) is 5.82 Å². The van der Waals surface area contributed by atoms with Crippen LogP contribution in [0.15, 0.2) is 18.3 Å². The lowest BCUT2D eigenvalue weighted by molar-refractivity contribution is -0.00202. The number of nitrogens with zero attached hydrogens (tertiary/aromatic N) is 2. The molecular weight excluding hydrogens is 254 g/mol. The second-order valence-corrected chi connectivity index (χ2v) is 5.65. The maximum atomic E-state index is 12.4. The molecule has 0 aromatic carbocycles. The summed E-state index contributed by atoms with van der Waals surface area (Å²) in [4.78, 5) is 18.4. The number of piperidine rings is 1. The van der Waals surface area contributed by atoms with Gasteiger partial charge in [-0.05, 0) is 38.3 Å². The molecule has 5 nitrogen and oxygen atoms in total. The maximum absolute atomic E-state index is 12.4. The minimum absolute atomic E-state index is 0.0162. The first-order chi connectivity index (χ1) is 9.52. The van der Waals surface area contributed by atoms with Crippen molar-refractivity contribution in [3.05, 3.63) is 23.9 Å². The molecule has 1 aliphatic heterocycles. The number of anilines is 1. The largest absolute Gasteiger partial charge is 0.390 e. The molecule has 0 radical (unpaired) electrons. The van der Waals surface area contributed by atoms with Crippen LogP contribution in [0.2, 0.25) is 0 Å². The van der Waals surface area contributed by atoms with Crippen LogP contribution in [-0.2, 0) is 0 Å². The fraction of sp³-hybridized carbons (Fsp3) is 0.600. The number of likely N-dealkylation sites (tertiary alicyclic amines) is 1. The van der Waals surface area contributed by atoms with Gasteiger partial charge in [-0.1, -0.05) is 6.92 Å². The van der Waals surface area contributed by atoms with Gasteiger partial charge in [-0.25, -0.2) is 4.98 Å². The summed E-state index contributed by atoms with van der Waals surface area (Å²) < 4.78 is 0. The van der Waals surface area contributed by atoms with E-state index in [2.05, 4.69) is 17.2 Å². The highest BCUT2D eigenvalue weighted by molar-refractivity contribution is 5.94. The first-order valence-electron chi connectivity index (χ1n) is 7.23. The number of pyridine rings is 1. The van der Waals surface area contributed by atoms with Crippen molar-refractivity contribution >= 4 is 11.7 Å². The van der Waals surface area contributed by atoms with Gasteiger partial charge in [-0.15, -0.1) is 0 Å². The summed E-state index contributed by atoms with van der Waals surface area (Å²) in [6, 6.07) is 3.54. The van der Waals surface area contributed by atoms with Crippen molar-refractivity contribution in [3.63, 3.8) is 0 Å². The van der Waals surface area contributed by atoms with E-state index in [4.69, 9.17) is 0 Å². The van der Waals surface area contributed by atoms with Gasteiger partial charge in [0.05, 0.1) is 5.60 Å². The molecule has 110 valence electrons. The van der Waals surface area contributed by atoms with Crippen molar-refractivity contribution in [1.29, 1.82) is 0 Å². The third-order valence-corrected chi connectivity index (χ3v) is 3.69. The zero-order valence-corrected chi connectivity index (χ0v) is 12.2. The second-order valence-electron chi connectivity index (χ2n) is 5.65. The Kier molecular flexibility index (Phi) is 4.60. The normalized spacial score (nSPS) is 17.9. The Morgan fingerprint density at radius 1 is 1.50 bits per heavy atom. The van der Waals surface area contributed by atoms with Crippen LogP contribution in [0, 0.1) is 0 Å². The number of rotatable bonds is 4. The van der Waals surface area contributed by atoms with E-state index >= 15 is 0 Å². The van der Waals surface area contributed by atoms with Crippen LogP contribution in [0.1, 0.15) is 43.5 Å². The lowest BCUT2D eigenvalue weighted by Crippen LogP contribution is -2.45. The van der Waals surface area contributed by atoms with Gasteiger partial charge in [-0.2, -0.15) is 0 Å². The van der Waals surface area contributed by atoms with Crippen molar-refractivity contribution in [1.82, 2.24) is 9.88 Å². The van der Waals surface area contributed by atoms with Gasteiger partial charge in [0.1, 0.15) is 5.82 Å². The van der Waals surface area contributed by atoms with Crippen molar-refractivity contribution < 1.29 is 9.90 Å². The molecule has 1 amide bonds. The van der Waals surface area contributed by atoms with Crippen molar-refractivity contribution in [2.45, 2.75) is 38.7 Å². The van der Waals surface area contributed by atoms with Crippen molar-refractivity contribution in [2.24, 2.45) is 0 Å². The Hall–Kier alpha value is -1.62. The minimum Gasteiger partial charge on any atom is -0.390 e. The molecule has 0 saturated carbocycles. The Labute approximate surface area is 120 Å². The van der Waals surface area contributed by atoms with E-state index < -0.39 is 5.60 Å². The number of carbonyl (C=O) groups excluding carboxylic acids is 1. The zero-order valence-electron chi connectivity index (χ0n) is 12.2. The van der Waals surface area contributed by atoms with Gasteiger partial charge in [0.2, 0.25) is 0 Å². The van der Waals surface area contributed by atoms with Gasteiger partial charge in [0.25, 0.3) is 5.91 Å². The molecule has 0 aliphatic carbocycles. The Morgan fingerprint density at radius 3 is 2.85 bits per heavy atom. The number of amides is 1. The molecule has 1 aliphatic rings. The fourth-order valence-electron chi connectivity index (χ4n) is 2.29. The van der Waals surface area contributed by atoms with Crippen LogP contribution in [0.5, 0.6) is 0 Å². The van der Waals surface area contributed by atoms with Gasteiger partial charge in [0, 0.05) is 31.4 Å². The molecule has 2 N–H and O–H groups in total. The lowest BCUT2D eigenvalue weighted by atomic mass is 9.93. The average molecular weight is 277 g/mol. The van der Waals surface area contributed by atoms with E-state index in [0.29, 0.717) is 31.5 Å². The monoisotopic (exact) mass is 277 g/mol. The highest BCUT2D eigenvalue weighted by Gasteiger charge is 2.29. The number of hydrogen-bond acceptors (Lipinski definition) is 4. The second kappa shape index (κ2) is 6.22. The molecule has 0 atom stereocenters. The van der Waals surface area contributed by atoms with E-state index in [1.165, 1.54) is 0 Å². The molecular formula is C15H23N3O2. The first-order valence-corrected chi connectivity index (χ1v) is 7.23. The topological polar surface area (TPSA) is 65.5 Å². The number of hydrogen-bond donors (Lipinski definition) is 2. The smallest absolute Gasteiger partial charge is 0.254 e. The average Bonchev–Trinajstić information content (AvgIpc) is 2.45. The predicted molar refractivity (Wildman–Crippen MR) is 78.8 cm³/mol. The molecule has 1 fully saturated rings. The molecule has 5 heteroatoms. The molecule has 2 heterocycles. The molecule has 0 unspecified atom stereocenters. The van der Waals surface area contributed by atoms with E-state index in [1.54, 1.807) is 23.2 Å². The Balaban J connectivity index is 2.02. The Morgan fingerprint density at radius 2 is 2.20 bits per heavy atom. The standard InChI is InChI=1S/C15H23N3O2/c1-3-7-16-13-11-12(4-8-17-13)14(19)18-9-5-15(2,20)6-10-18/h4,8,11,20H,3,5-7,9-10H2,1-2H3,(H,16,17). The summed E-state index contributed by atoms with van der Waals surface area (Å²) in [7, 11) is 0. The van der Waals surface area contributed by atoms with Crippen LogP contribution in [0.3, 0.4) is 0 Å². The predicted octanol–water partition coefficient (Wildman–Crippen LogP) is 1.89. The fourth-order valence-corrected chi connectivity index (χ4v) is 2.29. The summed E-state index contributed by atoms with van der Waals surface area (Å²) in [5, 5.41) is 13.1. The van der Waals surface area contributed by atoms with Crippen molar-refractivity contribution in [3.8, 4) is 0 Å². The molecule has 20 heavy (non-hydrogen) atoms. The quantitative estimate of drug-likeness (QED) is 0.882. The van der Waals surface area contributed by atoms with Crippen LogP contribution >= 0.6 is 0 Å². The summed E-state index contributed by atoms with van der Waals surface area (Å²) >= 11 is 0. The molecule has 1 aromatic rings. The van der Waals surface area contributed by atoms with Crippen LogP contribution < -0.4 is 5.32 Å². The number of carbonyl (C=O) groups is 1. The summed E-state index contributed by atoms with van der Waals surface area (Å²) in [6.45, 7) is 5.96. The molecule has 1 saturated heterocycles. The van der Waals surface area contributed by atoms with Gasteiger partial charge >= 0.3 is 0 Å². The highest BCUT2D eigenvalue weighted by Crippen LogP contribution is 2.22. The zero-order chi connectivity index (χ0) is 14.6.